The highest BCUT2D eigenvalue weighted by Crippen LogP contribution is 2.43. The average molecular weight is 199 g/mol. The maximum Gasteiger partial charge on any atom is 0.148 e. The van der Waals surface area contributed by atoms with Gasteiger partial charge in [0.1, 0.15) is 5.82 Å². The molecule has 1 aromatic heterocycles. The molecule has 76 valence electrons. The summed E-state index contributed by atoms with van der Waals surface area (Å²) in [5.74, 6) is 0.934. The number of aromatic nitrogens is 2. The predicted molar refractivity (Wildman–Crippen MR) is 59.5 cm³/mol. The number of hydrogen-bond donors (Lipinski definition) is 1. The van der Waals surface area contributed by atoms with Crippen LogP contribution >= 0.6 is 0 Å². The second-order valence-corrected chi connectivity index (χ2v) is 4.08. The average Bonchev–Trinajstić information content (AvgIpc) is 3.09. The number of nitrogens with one attached hydrogen (secondary N) is 1. The van der Waals surface area contributed by atoms with Crippen molar-refractivity contribution < 1.29 is 0 Å². The van der Waals surface area contributed by atoms with E-state index in [9.17, 15) is 0 Å². The van der Waals surface area contributed by atoms with Gasteiger partial charge >= 0.3 is 0 Å². The molecule has 15 heavy (non-hydrogen) atoms. The molecule has 0 saturated heterocycles. The van der Waals surface area contributed by atoms with Gasteiger partial charge in [-0.2, -0.15) is 0 Å². The van der Waals surface area contributed by atoms with E-state index in [0.717, 1.165) is 29.6 Å². The van der Waals surface area contributed by atoms with Crippen molar-refractivity contribution in [3.05, 3.63) is 36.3 Å². The van der Waals surface area contributed by atoms with E-state index in [-0.39, 0.29) is 5.54 Å². The fourth-order valence-corrected chi connectivity index (χ4v) is 1.91. The molecule has 0 unspecified atom stereocenters. The Morgan fingerprint density at radius 1 is 1.27 bits per heavy atom. The quantitative estimate of drug-likeness (QED) is 0.802. The van der Waals surface area contributed by atoms with Gasteiger partial charge in [-0.25, -0.2) is 9.97 Å². The molecule has 1 aromatic carbocycles. The van der Waals surface area contributed by atoms with E-state index in [0.29, 0.717) is 0 Å². The zero-order valence-electron chi connectivity index (χ0n) is 8.70. The number of rotatable bonds is 2. The summed E-state index contributed by atoms with van der Waals surface area (Å²) in [6.07, 6.45) is 4.19. The summed E-state index contributed by atoms with van der Waals surface area (Å²) in [5.41, 5.74) is 1.09. The first-order valence-corrected chi connectivity index (χ1v) is 5.25. The number of benzene rings is 1. The van der Waals surface area contributed by atoms with Crippen molar-refractivity contribution in [3.63, 3.8) is 0 Å². The van der Waals surface area contributed by atoms with Crippen molar-refractivity contribution in [2.24, 2.45) is 0 Å². The first-order chi connectivity index (χ1) is 7.34. The molecule has 0 amide bonds. The Morgan fingerprint density at radius 2 is 2.07 bits per heavy atom. The first kappa shape index (κ1) is 8.80. The lowest BCUT2D eigenvalue weighted by Crippen LogP contribution is -2.26. The van der Waals surface area contributed by atoms with Gasteiger partial charge in [0.25, 0.3) is 0 Å². The van der Waals surface area contributed by atoms with E-state index in [1.54, 1.807) is 0 Å². The normalized spacial score (nSPS) is 17.9. The van der Waals surface area contributed by atoms with E-state index in [1.165, 1.54) is 0 Å². The molecule has 1 aliphatic carbocycles. The molecule has 0 spiro atoms. The van der Waals surface area contributed by atoms with Crippen LogP contribution in [0.2, 0.25) is 0 Å². The lowest BCUT2D eigenvalue weighted by Gasteiger charge is -2.12. The molecule has 0 aliphatic heterocycles. The highest BCUT2D eigenvalue weighted by Gasteiger charge is 2.45. The van der Waals surface area contributed by atoms with E-state index in [4.69, 9.17) is 0 Å². The summed E-state index contributed by atoms with van der Waals surface area (Å²) in [4.78, 5) is 9.04. The number of para-hydroxylation sites is 1. The Hall–Kier alpha value is -1.48. The number of fused-ring (bicyclic) bond motifs is 1. The Kier molecular flexibility index (Phi) is 1.76. The van der Waals surface area contributed by atoms with Crippen LogP contribution in [0.4, 0.5) is 0 Å². The minimum atomic E-state index is 0.0596. The first-order valence-electron chi connectivity index (χ1n) is 5.25. The third kappa shape index (κ3) is 1.31. The van der Waals surface area contributed by atoms with Crippen LogP contribution in [0.5, 0.6) is 0 Å². The Bertz CT molecular complexity index is 503. The van der Waals surface area contributed by atoms with Crippen LogP contribution in [0.25, 0.3) is 10.9 Å². The van der Waals surface area contributed by atoms with Crippen LogP contribution in [0.1, 0.15) is 18.7 Å². The summed E-state index contributed by atoms with van der Waals surface area (Å²) < 4.78 is 0. The van der Waals surface area contributed by atoms with E-state index in [1.807, 2.05) is 37.5 Å². The van der Waals surface area contributed by atoms with E-state index in [2.05, 4.69) is 15.3 Å². The SMILES string of the molecule is CNC1(c2ncc3ccccc3n2)CC1. The molecule has 0 radical (unpaired) electrons. The van der Waals surface area contributed by atoms with Gasteiger partial charge in [0, 0.05) is 11.6 Å². The van der Waals surface area contributed by atoms with Crippen molar-refractivity contribution in [1.29, 1.82) is 0 Å². The van der Waals surface area contributed by atoms with E-state index >= 15 is 0 Å². The van der Waals surface area contributed by atoms with Crippen molar-refractivity contribution >= 4 is 10.9 Å². The fraction of sp³-hybridized carbons (Fsp3) is 0.333. The largest absolute Gasteiger partial charge is 0.308 e. The second-order valence-electron chi connectivity index (χ2n) is 4.08. The second kappa shape index (κ2) is 3.00. The highest BCUT2D eigenvalue weighted by atomic mass is 15.1. The van der Waals surface area contributed by atoms with Crippen LogP contribution in [0.3, 0.4) is 0 Å². The molecule has 1 heterocycles. The van der Waals surface area contributed by atoms with Gasteiger partial charge < -0.3 is 5.32 Å². The third-order valence-electron chi connectivity index (χ3n) is 3.15. The van der Waals surface area contributed by atoms with Crippen LogP contribution < -0.4 is 5.32 Å². The molecule has 0 bridgehead atoms. The molecule has 1 aliphatic rings. The zero-order valence-corrected chi connectivity index (χ0v) is 8.70. The van der Waals surface area contributed by atoms with Crippen LogP contribution in [0.15, 0.2) is 30.5 Å². The smallest absolute Gasteiger partial charge is 0.148 e. The third-order valence-corrected chi connectivity index (χ3v) is 3.15. The summed E-state index contributed by atoms with van der Waals surface area (Å²) >= 11 is 0. The lowest BCUT2D eigenvalue weighted by molar-refractivity contribution is 0.550. The summed E-state index contributed by atoms with van der Waals surface area (Å²) in [5, 5.41) is 4.41. The molecule has 3 heteroatoms. The molecule has 0 atom stereocenters. The number of nitrogens with zero attached hydrogens (tertiary/aromatic N) is 2. The monoisotopic (exact) mass is 199 g/mol. The fourth-order valence-electron chi connectivity index (χ4n) is 1.91. The predicted octanol–water partition coefficient (Wildman–Crippen LogP) is 1.84. The van der Waals surface area contributed by atoms with Crippen molar-refractivity contribution in [1.82, 2.24) is 15.3 Å². The van der Waals surface area contributed by atoms with Crippen molar-refractivity contribution in [2.45, 2.75) is 18.4 Å². The van der Waals surface area contributed by atoms with Gasteiger partial charge in [0.05, 0.1) is 11.1 Å². The molecule has 1 saturated carbocycles. The van der Waals surface area contributed by atoms with Crippen molar-refractivity contribution in [2.75, 3.05) is 7.05 Å². The van der Waals surface area contributed by atoms with Gasteiger partial charge in [-0.3, -0.25) is 0 Å². The number of hydrogen-bond acceptors (Lipinski definition) is 3. The zero-order chi connectivity index (χ0) is 10.3. The minimum absolute atomic E-state index is 0.0596. The minimum Gasteiger partial charge on any atom is -0.308 e. The molecular weight excluding hydrogens is 186 g/mol. The van der Waals surface area contributed by atoms with Gasteiger partial charge in [-0.05, 0) is 26.0 Å². The summed E-state index contributed by atoms with van der Waals surface area (Å²) in [6, 6.07) is 8.10. The Labute approximate surface area is 88.6 Å². The molecule has 3 rings (SSSR count). The van der Waals surface area contributed by atoms with Crippen LogP contribution in [-0.2, 0) is 5.54 Å². The maximum atomic E-state index is 4.61. The van der Waals surface area contributed by atoms with Gasteiger partial charge in [-0.15, -0.1) is 0 Å². The topological polar surface area (TPSA) is 37.8 Å². The van der Waals surface area contributed by atoms with Gasteiger partial charge in [0.2, 0.25) is 0 Å². The summed E-state index contributed by atoms with van der Waals surface area (Å²) in [6.45, 7) is 0. The maximum absolute atomic E-state index is 4.61. The van der Waals surface area contributed by atoms with Crippen LogP contribution in [0, 0.1) is 0 Å². The van der Waals surface area contributed by atoms with Gasteiger partial charge in [0.15, 0.2) is 0 Å². The molecular formula is C12H13N3. The van der Waals surface area contributed by atoms with Crippen LogP contribution in [-0.4, -0.2) is 17.0 Å². The van der Waals surface area contributed by atoms with Gasteiger partial charge in [-0.1, -0.05) is 18.2 Å². The molecule has 1 N–H and O–H groups in total. The standard InChI is InChI=1S/C12H13N3/c1-13-12(6-7-12)11-14-8-9-4-2-3-5-10(9)15-11/h2-5,8,13H,6-7H2,1H3. The van der Waals surface area contributed by atoms with E-state index < -0.39 is 0 Å². The Balaban J connectivity index is 2.14. The van der Waals surface area contributed by atoms with Crippen molar-refractivity contribution in [3.8, 4) is 0 Å². The summed E-state index contributed by atoms with van der Waals surface area (Å²) in [7, 11) is 1.98. The lowest BCUT2D eigenvalue weighted by atomic mass is 10.2. The molecule has 3 nitrogen and oxygen atoms in total. The Morgan fingerprint density at radius 3 is 2.80 bits per heavy atom. The molecule has 2 aromatic rings. The molecule has 1 fully saturated rings. The highest BCUT2D eigenvalue weighted by molar-refractivity contribution is 5.77.